The third kappa shape index (κ3) is 4.75. The smallest absolute Gasteiger partial charge is 0.0610 e. The summed E-state index contributed by atoms with van der Waals surface area (Å²) in [5.74, 6) is 2.11. The van der Waals surface area contributed by atoms with E-state index in [2.05, 4.69) is 30.9 Å². The first kappa shape index (κ1) is 14.7. The molecule has 0 spiro atoms. The second kappa shape index (κ2) is 6.62. The van der Waals surface area contributed by atoms with Crippen molar-refractivity contribution in [2.24, 2.45) is 5.92 Å². The lowest BCUT2D eigenvalue weighted by Gasteiger charge is -2.31. The predicted octanol–water partition coefficient (Wildman–Crippen LogP) is 3.19. The van der Waals surface area contributed by atoms with Crippen LogP contribution < -0.4 is 5.32 Å². The molecule has 0 heterocycles. The SMILES string of the molecule is CC1CCCC(SCCC(C)(CO)NC2CC2)C1. The van der Waals surface area contributed by atoms with Gasteiger partial charge in [0.1, 0.15) is 0 Å². The van der Waals surface area contributed by atoms with Gasteiger partial charge >= 0.3 is 0 Å². The average Bonchev–Trinajstić information content (AvgIpc) is 3.13. The molecule has 2 saturated carbocycles. The molecule has 18 heavy (non-hydrogen) atoms. The van der Waals surface area contributed by atoms with Gasteiger partial charge in [-0.25, -0.2) is 0 Å². The van der Waals surface area contributed by atoms with E-state index in [-0.39, 0.29) is 12.1 Å². The molecule has 2 rings (SSSR count). The molecule has 0 amide bonds. The van der Waals surface area contributed by atoms with E-state index in [4.69, 9.17) is 0 Å². The van der Waals surface area contributed by atoms with Crippen LogP contribution in [0.2, 0.25) is 0 Å². The minimum atomic E-state index is -0.0472. The Labute approximate surface area is 116 Å². The van der Waals surface area contributed by atoms with Gasteiger partial charge in [0.2, 0.25) is 0 Å². The Morgan fingerprint density at radius 2 is 2.06 bits per heavy atom. The summed E-state index contributed by atoms with van der Waals surface area (Å²) in [6.45, 7) is 4.83. The van der Waals surface area contributed by atoms with Crippen molar-refractivity contribution in [3.05, 3.63) is 0 Å². The molecule has 3 heteroatoms. The summed E-state index contributed by atoms with van der Waals surface area (Å²) in [5.41, 5.74) is -0.0472. The largest absolute Gasteiger partial charge is 0.394 e. The van der Waals surface area contributed by atoms with Gasteiger partial charge in [0.05, 0.1) is 6.61 Å². The molecule has 0 aromatic carbocycles. The van der Waals surface area contributed by atoms with E-state index in [1.165, 1.54) is 44.3 Å². The van der Waals surface area contributed by atoms with Crippen LogP contribution in [0.25, 0.3) is 0 Å². The number of hydrogen-bond acceptors (Lipinski definition) is 3. The molecular weight excluding hydrogens is 242 g/mol. The average molecular weight is 271 g/mol. The number of nitrogens with one attached hydrogen (secondary N) is 1. The van der Waals surface area contributed by atoms with Gasteiger partial charge in [-0.05, 0) is 50.7 Å². The Kier molecular flexibility index (Phi) is 5.40. The Balaban J connectivity index is 1.66. The molecule has 0 aromatic heterocycles. The molecule has 0 aliphatic heterocycles. The zero-order valence-electron chi connectivity index (χ0n) is 12.0. The fourth-order valence-electron chi connectivity index (χ4n) is 2.90. The highest BCUT2D eigenvalue weighted by molar-refractivity contribution is 7.99. The van der Waals surface area contributed by atoms with E-state index < -0.39 is 0 Å². The van der Waals surface area contributed by atoms with Crippen LogP contribution in [-0.2, 0) is 0 Å². The van der Waals surface area contributed by atoms with Crippen LogP contribution in [-0.4, -0.2) is 34.3 Å². The quantitative estimate of drug-likeness (QED) is 0.746. The maximum Gasteiger partial charge on any atom is 0.0610 e. The lowest BCUT2D eigenvalue weighted by atomic mass is 9.91. The number of rotatable bonds is 7. The van der Waals surface area contributed by atoms with Gasteiger partial charge in [-0.2, -0.15) is 11.8 Å². The summed E-state index contributed by atoms with van der Waals surface area (Å²) in [4.78, 5) is 0. The van der Waals surface area contributed by atoms with Gasteiger partial charge < -0.3 is 10.4 Å². The van der Waals surface area contributed by atoms with Crippen molar-refractivity contribution in [1.82, 2.24) is 5.32 Å². The van der Waals surface area contributed by atoms with Gasteiger partial charge in [0.25, 0.3) is 0 Å². The van der Waals surface area contributed by atoms with E-state index in [0.29, 0.717) is 6.04 Å². The van der Waals surface area contributed by atoms with Crippen LogP contribution in [0, 0.1) is 5.92 Å². The second-order valence-corrected chi connectivity index (χ2v) is 8.06. The molecule has 0 saturated heterocycles. The van der Waals surface area contributed by atoms with E-state index in [1.807, 2.05) is 0 Å². The van der Waals surface area contributed by atoms with E-state index in [0.717, 1.165) is 17.6 Å². The molecule has 3 atom stereocenters. The van der Waals surface area contributed by atoms with Crippen molar-refractivity contribution < 1.29 is 5.11 Å². The van der Waals surface area contributed by atoms with Gasteiger partial charge in [-0.1, -0.05) is 19.8 Å². The van der Waals surface area contributed by atoms with Crippen molar-refractivity contribution in [2.75, 3.05) is 12.4 Å². The first-order valence-electron chi connectivity index (χ1n) is 7.61. The highest BCUT2D eigenvalue weighted by Gasteiger charge is 2.32. The van der Waals surface area contributed by atoms with Crippen LogP contribution in [0.4, 0.5) is 0 Å². The maximum atomic E-state index is 9.57. The standard InChI is InChI=1S/C15H29NOS/c1-12-4-3-5-14(10-12)18-9-8-15(2,11-17)16-13-6-7-13/h12-14,16-17H,3-11H2,1-2H3. The lowest BCUT2D eigenvalue weighted by Crippen LogP contribution is -2.47. The van der Waals surface area contributed by atoms with Crippen molar-refractivity contribution in [3.63, 3.8) is 0 Å². The Morgan fingerprint density at radius 1 is 1.28 bits per heavy atom. The third-order valence-electron chi connectivity index (χ3n) is 4.37. The molecular formula is C15H29NOS. The van der Waals surface area contributed by atoms with Gasteiger partial charge in [0, 0.05) is 16.8 Å². The lowest BCUT2D eigenvalue weighted by molar-refractivity contribution is 0.169. The molecule has 2 fully saturated rings. The Morgan fingerprint density at radius 3 is 2.67 bits per heavy atom. The normalized spacial score (nSPS) is 32.2. The van der Waals surface area contributed by atoms with Crippen molar-refractivity contribution in [1.29, 1.82) is 0 Å². The predicted molar refractivity (Wildman–Crippen MR) is 80.1 cm³/mol. The number of aliphatic hydroxyl groups excluding tert-OH is 1. The molecule has 0 bridgehead atoms. The van der Waals surface area contributed by atoms with Crippen LogP contribution in [0.5, 0.6) is 0 Å². The molecule has 2 N–H and O–H groups in total. The Hall–Kier alpha value is 0.270. The van der Waals surface area contributed by atoms with Crippen LogP contribution >= 0.6 is 11.8 Å². The topological polar surface area (TPSA) is 32.3 Å². The maximum absolute atomic E-state index is 9.57. The minimum absolute atomic E-state index is 0.0472. The molecule has 106 valence electrons. The Bertz CT molecular complexity index is 257. The number of hydrogen-bond donors (Lipinski definition) is 2. The van der Waals surface area contributed by atoms with Crippen LogP contribution in [0.15, 0.2) is 0 Å². The number of aliphatic hydroxyl groups is 1. The van der Waals surface area contributed by atoms with Crippen LogP contribution in [0.1, 0.15) is 58.8 Å². The second-order valence-electron chi connectivity index (χ2n) is 6.65. The van der Waals surface area contributed by atoms with Crippen molar-refractivity contribution in [2.45, 2.75) is 75.6 Å². The first-order chi connectivity index (χ1) is 8.61. The summed E-state index contributed by atoms with van der Waals surface area (Å²) >= 11 is 2.14. The molecule has 2 aliphatic carbocycles. The summed E-state index contributed by atoms with van der Waals surface area (Å²) in [6, 6.07) is 0.682. The van der Waals surface area contributed by atoms with E-state index >= 15 is 0 Å². The zero-order chi connectivity index (χ0) is 13.0. The fraction of sp³-hybridized carbons (Fsp3) is 1.00. The summed E-state index contributed by atoms with van der Waals surface area (Å²) in [5, 5.41) is 14.0. The molecule has 3 unspecified atom stereocenters. The molecule has 2 nitrogen and oxygen atoms in total. The number of thioether (sulfide) groups is 1. The monoisotopic (exact) mass is 271 g/mol. The van der Waals surface area contributed by atoms with Crippen LogP contribution in [0.3, 0.4) is 0 Å². The summed E-state index contributed by atoms with van der Waals surface area (Å²) in [6.07, 6.45) is 9.32. The van der Waals surface area contributed by atoms with Gasteiger partial charge in [-0.3, -0.25) is 0 Å². The van der Waals surface area contributed by atoms with Gasteiger partial charge in [0.15, 0.2) is 0 Å². The van der Waals surface area contributed by atoms with Gasteiger partial charge in [-0.15, -0.1) is 0 Å². The summed E-state index contributed by atoms with van der Waals surface area (Å²) in [7, 11) is 0. The highest BCUT2D eigenvalue weighted by Crippen LogP contribution is 2.33. The highest BCUT2D eigenvalue weighted by atomic mass is 32.2. The minimum Gasteiger partial charge on any atom is -0.394 e. The molecule has 0 radical (unpaired) electrons. The van der Waals surface area contributed by atoms with E-state index in [9.17, 15) is 5.11 Å². The fourth-order valence-corrected chi connectivity index (χ4v) is 4.60. The third-order valence-corrected chi connectivity index (χ3v) is 5.71. The van der Waals surface area contributed by atoms with Crippen molar-refractivity contribution >= 4 is 11.8 Å². The molecule has 0 aromatic rings. The van der Waals surface area contributed by atoms with Crippen molar-refractivity contribution in [3.8, 4) is 0 Å². The zero-order valence-corrected chi connectivity index (χ0v) is 12.8. The van der Waals surface area contributed by atoms with E-state index in [1.54, 1.807) is 0 Å². The molecule has 2 aliphatic rings. The summed E-state index contributed by atoms with van der Waals surface area (Å²) < 4.78 is 0. The first-order valence-corrected chi connectivity index (χ1v) is 8.66.